The molecule has 0 radical (unpaired) electrons. The fourth-order valence-electron chi connectivity index (χ4n) is 3.00. The second kappa shape index (κ2) is 5.15. The van der Waals surface area contributed by atoms with Gasteiger partial charge in [0, 0.05) is 25.1 Å². The molecule has 20 heavy (non-hydrogen) atoms. The van der Waals surface area contributed by atoms with Crippen LogP contribution in [-0.4, -0.2) is 40.3 Å². The maximum Gasteiger partial charge on any atom is 0.405 e. The summed E-state index contributed by atoms with van der Waals surface area (Å²) in [7, 11) is 0. The fraction of sp³-hybridized carbons (Fsp3) is 0.615. The van der Waals surface area contributed by atoms with Crippen molar-refractivity contribution in [3.63, 3.8) is 0 Å². The number of amides is 1. The number of hydrogen-bond donors (Lipinski definition) is 3. The number of nitrogens with zero attached hydrogens (tertiary/aromatic N) is 3. The van der Waals surface area contributed by atoms with E-state index in [1.807, 2.05) is 11.0 Å². The number of carbonyl (C=O) groups is 1. The monoisotopic (exact) mass is 277 g/mol. The van der Waals surface area contributed by atoms with Crippen LogP contribution in [0.5, 0.6) is 0 Å². The van der Waals surface area contributed by atoms with Gasteiger partial charge >= 0.3 is 6.09 Å². The van der Waals surface area contributed by atoms with Crippen molar-refractivity contribution < 1.29 is 9.90 Å². The van der Waals surface area contributed by atoms with Crippen molar-refractivity contribution in [3.05, 3.63) is 11.8 Å². The molecule has 1 aromatic heterocycles. The van der Waals surface area contributed by atoms with E-state index in [-0.39, 0.29) is 6.04 Å². The Kier molecular flexibility index (Phi) is 3.33. The highest BCUT2D eigenvalue weighted by Gasteiger charge is 2.30. The van der Waals surface area contributed by atoms with E-state index in [0.717, 1.165) is 11.5 Å². The number of anilines is 2. The number of carboxylic acid groups (broad SMARTS) is 1. The van der Waals surface area contributed by atoms with Crippen LogP contribution < -0.4 is 16.0 Å². The van der Waals surface area contributed by atoms with E-state index in [0.29, 0.717) is 25.0 Å². The van der Waals surface area contributed by atoms with E-state index in [2.05, 4.69) is 15.3 Å². The Hall–Kier alpha value is -2.05. The first-order chi connectivity index (χ1) is 9.61. The summed E-state index contributed by atoms with van der Waals surface area (Å²) in [6.07, 6.45) is 3.85. The summed E-state index contributed by atoms with van der Waals surface area (Å²) in [6.45, 7) is 1.26. The third kappa shape index (κ3) is 2.61. The van der Waals surface area contributed by atoms with Crippen molar-refractivity contribution in [3.8, 4) is 0 Å². The topological polar surface area (TPSA) is 104 Å². The largest absolute Gasteiger partial charge is 0.465 e. The second-order valence-electron chi connectivity index (χ2n) is 5.54. The molecule has 1 saturated heterocycles. The highest BCUT2D eigenvalue weighted by atomic mass is 16.4. The molecule has 0 spiro atoms. The average molecular weight is 277 g/mol. The summed E-state index contributed by atoms with van der Waals surface area (Å²) in [5, 5.41) is 11.1. The van der Waals surface area contributed by atoms with Crippen molar-refractivity contribution in [2.45, 2.75) is 37.6 Å². The van der Waals surface area contributed by atoms with Gasteiger partial charge in [-0.25, -0.2) is 9.78 Å². The molecule has 108 valence electrons. The molecule has 1 saturated carbocycles. The van der Waals surface area contributed by atoms with Gasteiger partial charge in [-0.15, -0.1) is 0 Å². The minimum atomic E-state index is -0.983. The lowest BCUT2D eigenvalue weighted by molar-refractivity contribution is 0.187. The van der Waals surface area contributed by atoms with E-state index in [9.17, 15) is 4.79 Å². The van der Waals surface area contributed by atoms with Crippen LogP contribution in [0, 0.1) is 0 Å². The van der Waals surface area contributed by atoms with Crippen LogP contribution in [-0.2, 0) is 0 Å². The number of aromatic nitrogens is 2. The summed E-state index contributed by atoms with van der Waals surface area (Å²) >= 11 is 0. The van der Waals surface area contributed by atoms with Gasteiger partial charge in [-0.2, -0.15) is 4.98 Å². The SMILES string of the molecule is Nc1nc(C2CCCC2)cc(N2CC(NC(=O)O)C2)n1. The molecule has 7 heteroatoms. The van der Waals surface area contributed by atoms with Crippen LogP contribution in [0.4, 0.5) is 16.6 Å². The Morgan fingerprint density at radius 2 is 2.05 bits per heavy atom. The summed E-state index contributed by atoms with van der Waals surface area (Å²) < 4.78 is 0. The van der Waals surface area contributed by atoms with Crippen LogP contribution >= 0.6 is 0 Å². The molecule has 3 rings (SSSR count). The number of hydrogen-bond acceptors (Lipinski definition) is 5. The van der Waals surface area contributed by atoms with Gasteiger partial charge in [0.15, 0.2) is 0 Å². The summed E-state index contributed by atoms with van der Waals surface area (Å²) in [5.74, 6) is 1.61. The van der Waals surface area contributed by atoms with Crippen molar-refractivity contribution >= 4 is 17.9 Å². The minimum Gasteiger partial charge on any atom is -0.465 e. The molecule has 0 aromatic carbocycles. The van der Waals surface area contributed by atoms with Gasteiger partial charge in [0.05, 0.1) is 11.7 Å². The molecular formula is C13H19N5O2. The van der Waals surface area contributed by atoms with Gasteiger partial charge < -0.3 is 21.1 Å². The second-order valence-corrected chi connectivity index (χ2v) is 5.54. The molecular weight excluding hydrogens is 258 g/mol. The molecule has 1 aromatic rings. The first-order valence-corrected chi connectivity index (χ1v) is 7.00. The number of nitrogens with one attached hydrogen (secondary N) is 1. The molecule has 2 fully saturated rings. The Morgan fingerprint density at radius 3 is 2.70 bits per heavy atom. The van der Waals surface area contributed by atoms with Gasteiger partial charge in [-0.05, 0) is 12.8 Å². The molecule has 7 nitrogen and oxygen atoms in total. The zero-order valence-electron chi connectivity index (χ0n) is 11.2. The van der Waals surface area contributed by atoms with Gasteiger partial charge in [0.2, 0.25) is 5.95 Å². The highest BCUT2D eigenvalue weighted by molar-refractivity contribution is 5.65. The lowest BCUT2D eigenvalue weighted by Crippen LogP contribution is -2.59. The molecule has 0 bridgehead atoms. The standard InChI is InChI=1S/C13H19N5O2/c14-12-16-10(8-3-1-2-4-8)5-11(17-12)18-6-9(7-18)15-13(19)20/h5,8-9,15H,1-4,6-7H2,(H,19,20)(H2,14,16,17). The van der Waals surface area contributed by atoms with Crippen molar-refractivity contribution in [2.24, 2.45) is 0 Å². The molecule has 4 N–H and O–H groups in total. The zero-order valence-corrected chi connectivity index (χ0v) is 11.2. The normalized spacial score (nSPS) is 19.9. The summed E-state index contributed by atoms with van der Waals surface area (Å²) in [6, 6.07) is 1.97. The van der Waals surface area contributed by atoms with Gasteiger partial charge in [0.25, 0.3) is 0 Å². The van der Waals surface area contributed by atoms with E-state index in [1.54, 1.807) is 0 Å². The van der Waals surface area contributed by atoms with Crippen LogP contribution in [0.1, 0.15) is 37.3 Å². The first-order valence-electron chi connectivity index (χ1n) is 7.00. The van der Waals surface area contributed by atoms with Crippen LogP contribution in [0.3, 0.4) is 0 Å². The fourth-order valence-corrected chi connectivity index (χ4v) is 3.00. The number of nitrogen functional groups attached to an aromatic ring is 1. The van der Waals surface area contributed by atoms with E-state index in [1.165, 1.54) is 25.7 Å². The summed E-state index contributed by atoms with van der Waals surface area (Å²) in [4.78, 5) is 21.2. The predicted octanol–water partition coefficient (Wildman–Crippen LogP) is 1.17. The molecule has 1 amide bonds. The van der Waals surface area contributed by atoms with Crippen molar-refractivity contribution in [1.82, 2.24) is 15.3 Å². The van der Waals surface area contributed by atoms with Crippen molar-refractivity contribution in [2.75, 3.05) is 23.7 Å². The Labute approximate surface area is 117 Å². The van der Waals surface area contributed by atoms with Crippen LogP contribution in [0.2, 0.25) is 0 Å². The highest BCUT2D eigenvalue weighted by Crippen LogP contribution is 2.34. The molecule has 1 aliphatic carbocycles. The van der Waals surface area contributed by atoms with Crippen LogP contribution in [0.25, 0.3) is 0 Å². The van der Waals surface area contributed by atoms with Gasteiger partial charge in [-0.1, -0.05) is 12.8 Å². The van der Waals surface area contributed by atoms with E-state index in [4.69, 9.17) is 10.8 Å². The number of nitrogens with two attached hydrogens (primary N) is 1. The Morgan fingerprint density at radius 1 is 1.35 bits per heavy atom. The van der Waals surface area contributed by atoms with Crippen molar-refractivity contribution in [1.29, 1.82) is 0 Å². The Balaban J connectivity index is 1.69. The van der Waals surface area contributed by atoms with Gasteiger partial charge in [0.1, 0.15) is 5.82 Å². The molecule has 0 unspecified atom stereocenters. The van der Waals surface area contributed by atoms with Gasteiger partial charge in [-0.3, -0.25) is 0 Å². The van der Waals surface area contributed by atoms with Crippen LogP contribution in [0.15, 0.2) is 6.07 Å². The molecule has 0 atom stereocenters. The average Bonchev–Trinajstić information content (AvgIpc) is 2.85. The third-order valence-corrected chi connectivity index (χ3v) is 4.06. The number of rotatable bonds is 3. The lowest BCUT2D eigenvalue weighted by Gasteiger charge is -2.39. The predicted molar refractivity (Wildman–Crippen MR) is 74.8 cm³/mol. The smallest absolute Gasteiger partial charge is 0.405 e. The third-order valence-electron chi connectivity index (χ3n) is 4.06. The summed E-state index contributed by atoms with van der Waals surface area (Å²) in [5.41, 5.74) is 6.83. The minimum absolute atomic E-state index is 0.0291. The molecule has 2 heterocycles. The van der Waals surface area contributed by atoms with E-state index < -0.39 is 6.09 Å². The zero-order chi connectivity index (χ0) is 14.1. The molecule has 1 aliphatic heterocycles. The maximum atomic E-state index is 10.6. The first kappa shape index (κ1) is 13.0. The lowest BCUT2D eigenvalue weighted by atomic mass is 10.0. The van der Waals surface area contributed by atoms with E-state index >= 15 is 0 Å². The molecule has 2 aliphatic rings. The quantitative estimate of drug-likeness (QED) is 0.766. The Bertz CT molecular complexity index is 509. The maximum absolute atomic E-state index is 10.6.